The predicted molar refractivity (Wildman–Crippen MR) is 137 cm³/mol. The van der Waals surface area contributed by atoms with Crippen molar-refractivity contribution >= 4 is 11.4 Å². The molecule has 0 spiro atoms. The van der Waals surface area contributed by atoms with E-state index in [0.717, 1.165) is 44.5 Å². The van der Waals surface area contributed by atoms with Gasteiger partial charge < -0.3 is 11.5 Å². The SMILES string of the molecule is Nc1c(N)c(-c2ccccc2)c(-c2ccccc2)c(-c2ccccc2)c1-c1ccccc1. The Hall–Kier alpha value is -4.30. The zero-order chi connectivity index (χ0) is 21.9. The Bertz CT molecular complexity index is 1240. The molecule has 5 aromatic carbocycles. The maximum atomic E-state index is 6.81. The molecule has 5 aromatic rings. The second-order valence-electron chi connectivity index (χ2n) is 7.79. The molecule has 0 aliphatic carbocycles. The van der Waals surface area contributed by atoms with Crippen molar-refractivity contribution < 1.29 is 0 Å². The van der Waals surface area contributed by atoms with E-state index < -0.39 is 0 Å². The van der Waals surface area contributed by atoms with Gasteiger partial charge in [-0.1, -0.05) is 121 Å². The highest BCUT2D eigenvalue weighted by Gasteiger charge is 2.24. The summed E-state index contributed by atoms with van der Waals surface area (Å²) in [5.74, 6) is 0. The summed E-state index contributed by atoms with van der Waals surface area (Å²) in [7, 11) is 0. The predicted octanol–water partition coefficient (Wildman–Crippen LogP) is 7.52. The second-order valence-corrected chi connectivity index (χ2v) is 7.79. The second kappa shape index (κ2) is 8.44. The molecular weight excluding hydrogens is 388 g/mol. The first-order valence-electron chi connectivity index (χ1n) is 10.7. The summed E-state index contributed by atoms with van der Waals surface area (Å²) in [5, 5.41) is 0. The van der Waals surface area contributed by atoms with Gasteiger partial charge in [0.05, 0.1) is 11.4 Å². The van der Waals surface area contributed by atoms with Gasteiger partial charge in [0.15, 0.2) is 0 Å². The molecule has 5 rings (SSSR count). The number of anilines is 2. The van der Waals surface area contributed by atoms with Gasteiger partial charge in [0.1, 0.15) is 0 Å². The van der Waals surface area contributed by atoms with Crippen LogP contribution in [0.2, 0.25) is 0 Å². The van der Waals surface area contributed by atoms with Crippen LogP contribution in [0.15, 0.2) is 121 Å². The summed E-state index contributed by atoms with van der Waals surface area (Å²) < 4.78 is 0. The minimum absolute atomic E-state index is 0.605. The van der Waals surface area contributed by atoms with Gasteiger partial charge in [-0.3, -0.25) is 0 Å². The Morgan fingerprint density at radius 1 is 0.281 bits per heavy atom. The maximum Gasteiger partial charge on any atom is 0.0640 e. The normalized spacial score (nSPS) is 10.8. The van der Waals surface area contributed by atoms with Gasteiger partial charge in [-0.25, -0.2) is 0 Å². The van der Waals surface area contributed by atoms with Gasteiger partial charge in [-0.2, -0.15) is 0 Å². The highest BCUT2D eigenvalue weighted by molar-refractivity contribution is 6.11. The van der Waals surface area contributed by atoms with Crippen LogP contribution in [0, 0.1) is 0 Å². The number of nitrogens with two attached hydrogens (primary N) is 2. The summed E-state index contributed by atoms with van der Waals surface area (Å²) >= 11 is 0. The molecule has 2 heteroatoms. The van der Waals surface area contributed by atoms with Gasteiger partial charge in [0.25, 0.3) is 0 Å². The Balaban J connectivity index is 2.00. The average Bonchev–Trinajstić information content (AvgIpc) is 2.87. The van der Waals surface area contributed by atoms with Gasteiger partial charge in [-0.15, -0.1) is 0 Å². The summed E-state index contributed by atoms with van der Waals surface area (Å²) in [6, 6.07) is 41.4. The lowest BCUT2D eigenvalue weighted by atomic mass is 9.81. The lowest BCUT2D eigenvalue weighted by Crippen LogP contribution is -2.05. The van der Waals surface area contributed by atoms with E-state index in [1.807, 2.05) is 48.5 Å². The van der Waals surface area contributed by atoms with E-state index in [1.54, 1.807) is 0 Å². The molecular formula is C30H24N2. The highest BCUT2D eigenvalue weighted by Crippen LogP contribution is 2.51. The summed E-state index contributed by atoms with van der Waals surface area (Å²) in [6.07, 6.45) is 0. The molecule has 0 unspecified atom stereocenters. The Morgan fingerprint density at radius 3 is 0.750 bits per heavy atom. The average molecular weight is 413 g/mol. The third-order valence-corrected chi connectivity index (χ3v) is 5.83. The van der Waals surface area contributed by atoms with Crippen molar-refractivity contribution in [2.45, 2.75) is 0 Å². The molecule has 0 aliphatic rings. The monoisotopic (exact) mass is 412 g/mol. The Labute approximate surface area is 188 Å². The van der Waals surface area contributed by atoms with E-state index in [2.05, 4.69) is 72.8 Å². The van der Waals surface area contributed by atoms with Crippen molar-refractivity contribution in [3.63, 3.8) is 0 Å². The number of hydrogen-bond donors (Lipinski definition) is 2. The fourth-order valence-corrected chi connectivity index (χ4v) is 4.38. The van der Waals surface area contributed by atoms with Crippen molar-refractivity contribution in [1.29, 1.82) is 0 Å². The van der Waals surface area contributed by atoms with E-state index in [1.165, 1.54) is 0 Å². The van der Waals surface area contributed by atoms with Crippen LogP contribution in [-0.4, -0.2) is 0 Å². The van der Waals surface area contributed by atoms with Gasteiger partial charge >= 0.3 is 0 Å². The van der Waals surface area contributed by atoms with Crippen LogP contribution in [0.4, 0.5) is 11.4 Å². The Kier molecular flexibility index (Phi) is 5.19. The molecule has 0 bridgehead atoms. The largest absolute Gasteiger partial charge is 0.397 e. The molecule has 0 fully saturated rings. The van der Waals surface area contributed by atoms with Gasteiger partial charge in [0.2, 0.25) is 0 Å². The van der Waals surface area contributed by atoms with Crippen LogP contribution in [0.5, 0.6) is 0 Å². The zero-order valence-electron chi connectivity index (χ0n) is 17.7. The molecule has 0 saturated carbocycles. The lowest BCUT2D eigenvalue weighted by Gasteiger charge is -2.25. The topological polar surface area (TPSA) is 52.0 Å². The summed E-state index contributed by atoms with van der Waals surface area (Å²) in [5.41, 5.74) is 23.3. The lowest BCUT2D eigenvalue weighted by molar-refractivity contribution is 1.53. The van der Waals surface area contributed by atoms with Crippen LogP contribution in [0.3, 0.4) is 0 Å². The molecule has 0 atom stereocenters. The van der Waals surface area contributed by atoms with Crippen LogP contribution in [0.25, 0.3) is 44.5 Å². The van der Waals surface area contributed by atoms with Crippen LogP contribution in [0.1, 0.15) is 0 Å². The molecule has 2 nitrogen and oxygen atoms in total. The molecule has 32 heavy (non-hydrogen) atoms. The summed E-state index contributed by atoms with van der Waals surface area (Å²) in [4.78, 5) is 0. The molecule has 0 amide bonds. The smallest absolute Gasteiger partial charge is 0.0640 e. The molecule has 154 valence electrons. The highest BCUT2D eigenvalue weighted by atomic mass is 14.7. The number of rotatable bonds is 4. The molecule has 0 aromatic heterocycles. The van der Waals surface area contributed by atoms with E-state index in [0.29, 0.717) is 11.4 Å². The van der Waals surface area contributed by atoms with Gasteiger partial charge in [0, 0.05) is 22.3 Å². The van der Waals surface area contributed by atoms with E-state index >= 15 is 0 Å². The minimum atomic E-state index is 0.605. The minimum Gasteiger partial charge on any atom is -0.397 e. The third kappa shape index (κ3) is 3.42. The van der Waals surface area contributed by atoms with Crippen LogP contribution < -0.4 is 11.5 Å². The number of hydrogen-bond acceptors (Lipinski definition) is 2. The fraction of sp³-hybridized carbons (Fsp3) is 0. The first kappa shape index (κ1) is 19.7. The Morgan fingerprint density at radius 2 is 0.500 bits per heavy atom. The first-order chi connectivity index (χ1) is 15.8. The van der Waals surface area contributed by atoms with Crippen molar-refractivity contribution in [2.75, 3.05) is 11.5 Å². The standard InChI is InChI=1S/C30H24N2/c31-29-27(23-17-9-3-10-18-23)25(21-13-5-1-6-14-21)26(22-15-7-2-8-16-22)28(30(29)32)24-19-11-4-12-20-24/h1-20H,31-32H2. The van der Waals surface area contributed by atoms with E-state index in [4.69, 9.17) is 11.5 Å². The third-order valence-electron chi connectivity index (χ3n) is 5.83. The van der Waals surface area contributed by atoms with Crippen molar-refractivity contribution in [3.05, 3.63) is 121 Å². The van der Waals surface area contributed by atoms with E-state index in [-0.39, 0.29) is 0 Å². The number of benzene rings is 5. The van der Waals surface area contributed by atoms with E-state index in [9.17, 15) is 0 Å². The molecule has 0 aliphatic heterocycles. The van der Waals surface area contributed by atoms with Crippen molar-refractivity contribution in [2.24, 2.45) is 0 Å². The quantitative estimate of drug-likeness (QED) is 0.300. The molecule has 0 saturated heterocycles. The van der Waals surface area contributed by atoms with Crippen LogP contribution >= 0.6 is 0 Å². The summed E-state index contributed by atoms with van der Waals surface area (Å²) in [6.45, 7) is 0. The van der Waals surface area contributed by atoms with Crippen molar-refractivity contribution in [3.8, 4) is 44.5 Å². The van der Waals surface area contributed by atoms with Crippen LogP contribution in [-0.2, 0) is 0 Å². The molecule has 0 radical (unpaired) electrons. The van der Waals surface area contributed by atoms with Gasteiger partial charge in [-0.05, 0) is 22.3 Å². The first-order valence-corrected chi connectivity index (χ1v) is 10.7. The maximum absolute atomic E-state index is 6.81. The molecule has 4 N–H and O–H groups in total. The fourth-order valence-electron chi connectivity index (χ4n) is 4.38. The van der Waals surface area contributed by atoms with Crippen molar-refractivity contribution in [1.82, 2.24) is 0 Å². The zero-order valence-corrected chi connectivity index (χ0v) is 17.7. The number of nitrogen functional groups attached to an aromatic ring is 2. The molecule has 0 heterocycles.